The maximum atomic E-state index is 9.17. The Morgan fingerprint density at radius 3 is 2.75 bits per heavy atom. The van der Waals surface area contributed by atoms with Crippen LogP contribution in [0.15, 0.2) is 30.3 Å². The molecular weight excluding hydrogens is 250 g/mol. The number of piperidine rings is 1. The Morgan fingerprint density at radius 2 is 2.05 bits per heavy atom. The van der Waals surface area contributed by atoms with Crippen molar-refractivity contribution in [2.75, 3.05) is 32.8 Å². The van der Waals surface area contributed by atoms with E-state index in [1.54, 1.807) is 0 Å². The fourth-order valence-electron chi connectivity index (χ4n) is 3.07. The summed E-state index contributed by atoms with van der Waals surface area (Å²) in [7, 11) is 0. The second kappa shape index (κ2) is 8.37. The van der Waals surface area contributed by atoms with Gasteiger partial charge >= 0.3 is 0 Å². The predicted molar refractivity (Wildman–Crippen MR) is 82.4 cm³/mol. The van der Waals surface area contributed by atoms with Crippen molar-refractivity contribution >= 4 is 0 Å². The van der Waals surface area contributed by atoms with Crippen LogP contribution >= 0.6 is 0 Å². The van der Waals surface area contributed by atoms with Crippen LogP contribution in [-0.2, 0) is 6.54 Å². The maximum Gasteiger partial charge on any atom is 0.0434 e. The van der Waals surface area contributed by atoms with Gasteiger partial charge in [0.05, 0.1) is 0 Å². The van der Waals surface area contributed by atoms with E-state index in [-0.39, 0.29) is 6.61 Å². The van der Waals surface area contributed by atoms with Crippen LogP contribution in [0.2, 0.25) is 0 Å². The predicted octanol–water partition coefficient (Wildman–Crippen LogP) is 0.808. The first kappa shape index (κ1) is 15.4. The van der Waals surface area contributed by atoms with Gasteiger partial charge in [-0.25, -0.2) is 0 Å². The molecule has 2 atom stereocenters. The molecule has 1 aliphatic rings. The van der Waals surface area contributed by atoms with Crippen LogP contribution in [0.1, 0.15) is 18.4 Å². The van der Waals surface area contributed by atoms with E-state index < -0.39 is 0 Å². The van der Waals surface area contributed by atoms with Crippen LogP contribution < -0.4 is 11.1 Å². The minimum Gasteiger partial charge on any atom is -0.396 e. The highest BCUT2D eigenvalue weighted by Gasteiger charge is 2.26. The minimum absolute atomic E-state index is 0.284. The van der Waals surface area contributed by atoms with Crippen LogP contribution in [0.3, 0.4) is 0 Å². The van der Waals surface area contributed by atoms with Gasteiger partial charge in [0.1, 0.15) is 0 Å². The van der Waals surface area contributed by atoms with E-state index in [1.165, 1.54) is 5.56 Å². The zero-order valence-corrected chi connectivity index (χ0v) is 12.2. The molecule has 0 aromatic heterocycles. The van der Waals surface area contributed by atoms with Gasteiger partial charge in [-0.15, -0.1) is 0 Å². The Balaban J connectivity index is 1.85. The largest absolute Gasteiger partial charge is 0.396 e. The van der Waals surface area contributed by atoms with Gasteiger partial charge in [-0.3, -0.25) is 0 Å². The molecule has 112 valence electrons. The molecule has 0 radical (unpaired) electrons. The fraction of sp³-hybridized carbons (Fsp3) is 0.625. The Bertz CT molecular complexity index is 357. The van der Waals surface area contributed by atoms with E-state index in [4.69, 9.17) is 10.8 Å². The van der Waals surface area contributed by atoms with Gasteiger partial charge in [-0.2, -0.15) is 0 Å². The Hall–Kier alpha value is -0.940. The first-order valence-corrected chi connectivity index (χ1v) is 7.62. The molecule has 0 amide bonds. The zero-order valence-electron chi connectivity index (χ0n) is 12.2. The molecule has 0 aliphatic carbocycles. The summed E-state index contributed by atoms with van der Waals surface area (Å²) in [6, 6.07) is 11.0. The van der Waals surface area contributed by atoms with Crippen molar-refractivity contribution in [3.63, 3.8) is 0 Å². The topological polar surface area (TPSA) is 61.5 Å². The molecule has 0 spiro atoms. The summed E-state index contributed by atoms with van der Waals surface area (Å²) < 4.78 is 0. The highest BCUT2D eigenvalue weighted by atomic mass is 16.3. The van der Waals surface area contributed by atoms with E-state index in [0.29, 0.717) is 18.5 Å². The molecule has 20 heavy (non-hydrogen) atoms. The van der Waals surface area contributed by atoms with Crippen molar-refractivity contribution in [2.45, 2.75) is 25.4 Å². The van der Waals surface area contributed by atoms with Crippen LogP contribution in [0, 0.1) is 5.92 Å². The van der Waals surface area contributed by atoms with Gasteiger partial charge in [0, 0.05) is 45.4 Å². The third-order valence-corrected chi connectivity index (χ3v) is 4.03. The molecule has 0 saturated carbocycles. The molecule has 1 aliphatic heterocycles. The number of aliphatic hydroxyl groups is 1. The summed E-state index contributed by atoms with van der Waals surface area (Å²) >= 11 is 0. The highest BCUT2D eigenvalue weighted by Crippen LogP contribution is 2.20. The van der Waals surface area contributed by atoms with E-state index in [0.717, 1.165) is 39.0 Å². The number of hydrogen-bond donors (Lipinski definition) is 3. The molecule has 1 aromatic rings. The second-order valence-electron chi connectivity index (χ2n) is 5.73. The van der Waals surface area contributed by atoms with Crippen molar-refractivity contribution in [1.29, 1.82) is 0 Å². The second-order valence-corrected chi connectivity index (χ2v) is 5.73. The van der Waals surface area contributed by atoms with Crippen LogP contribution in [0.4, 0.5) is 0 Å². The number of nitrogens with zero attached hydrogens (tertiary/aromatic N) is 1. The third kappa shape index (κ3) is 4.87. The van der Waals surface area contributed by atoms with Gasteiger partial charge in [0.15, 0.2) is 0 Å². The molecular formula is C16H27N3O. The minimum atomic E-state index is 0.284. The number of hydrogen-bond acceptors (Lipinski definition) is 4. The third-order valence-electron chi connectivity index (χ3n) is 4.03. The van der Waals surface area contributed by atoms with Gasteiger partial charge < -0.3 is 21.1 Å². The maximum absolute atomic E-state index is 9.17. The lowest BCUT2D eigenvalue weighted by molar-refractivity contribution is 0.123. The average molecular weight is 277 g/mol. The van der Waals surface area contributed by atoms with E-state index in [9.17, 15) is 0 Å². The summed E-state index contributed by atoms with van der Waals surface area (Å²) in [5, 5.41) is 12.8. The molecule has 2 unspecified atom stereocenters. The lowest BCUT2D eigenvalue weighted by Gasteiger charge is -2.38. The number of aliphatic hydroxyl groups excluding tert-OH is 1. The summed E-state index contributed by atoms with van der Waals surface area (Å²) in [6.07, 6.45) is 2.04. The van der Waals surface area contributed by atoms with Crippen molar-refractivity contribution in [3.8, 4) is 0 Å². The van der Waals surface area contributed by atoms with Crippen molar-refractivity contribution < 1.29 is 5.11 Å². The van der Waals surface area contributed by atoms with Gasteiger partial charge in [0.25, 0.3) is 0 Å². The Labute approximate surface area is 122 Å². The molecule has 4 nitrogen and oxygen atoms in total. The van der Waals surface area contributed by atoms with E-state index in [2.05, 4.69) is 34.5 Å². The Morgan fingerprint density at radius 1 is 1.25 bits per heavy atom. The molecule has 1 saturated heterocycles. The highest BCUT2D eigenvalue weighted by molar-refractivity contribution is 5.14. The van der Waals surface area contributed by atoms with Gasteiger partial charge in [-0.1, -0.05) is 30.3 Å². The lowest BCUT2D eigenvalue weighted by Crippen LogP contribution is -2.50. The molecule has 4 heteroatoms. The first-order chi connectivity index (χ1) is 9.81. The SMILES string of the molecule is NCCN1CC(CCO)CC(NCc2ccccc2)C1. The summed E-state index contributed by atoms with van der Waals surface area (Å²) in [5.74, 6) is 0.577. The molecule has 1 heterocycles. The van der Waals surface area contributed by atoms with Crippen LogP contribution in [0.5, 0.6) is 0 Å². The Kier molecular flexibility index (Phi) is 6.47. The lowest BCUT2D eigenvalue weighted by atomic mass is 9.91. The van der Waals surface area contributed by atoms with Crippen molar-refractivity contribution in [2.24, 2.45) is 11.7 Å². The van der Waals surface area contributed by atoms with Crippen LogP contribution in [0.25, 0.3) is 0 Å². The molecule has 2 rings (SSSR count). The summed E-state index contributed by atoms with van der Waals surface area (Å²) in [5.41, 5.74) is 7.00. The van der Waals surface area contributed by atoms with Crippen LogP contribution in [-0.4, -0.2) is 48.8 Å². The standard InChI is InChI=1S/C16H27N3O/c17-7-8-19-12-15(6-9-20)10-16(13-19)18-11-14-4-2-1-3-5-14/h1-5,15-16,18,20H,6-13,17H2. The number of nitrogens with two attached hydrogens (primary N) is 1. The van der Waals surface area contributed by atoms with Gasteiger partial charge in [-0.05, 0) is 24.3 Å². The smallest absolute Gasteiger partial charge is 0.0434 e. The molecule has 0 bridgehead atoms. The average Bonchev–Trinajstić information content (AvgIpc) is 2.47. The molecule has 1 fully saturated rings. The monoisotopic (exact) mass is 277 g/mol. The fourth-order valence-corrected chi connectivity index (χ4v) is 3.07. The van der Waals surface area contributed by atoms with E-state index >= 15 is 0 Å². The first-order valence-electron chi connectivity index (χ1n) is 7.62. The summed E-state index contributed by atoms with van der Waals surface area (Å²) in [6.45, 7) is 4.98. The quantitative estimate of drug-likeness (QED) is 0.690. The number of likely N-dealkylation sites (tertiary alicyclic amines) is 1. The number of rotatable bonds is 7. The number of nitrogens with one attached hydrogen (secondary N) is 1. The zero-order chi connectivity index (χ0) is 14.2. The van der Waals surface area contributed by atoms with Crippen molar-refractivity contribution in [1.82, 2.24) is 10.2 Å². The van der Waals surface area contributed by atoms with Crippen molar-refractivity contribution in [3.05, 3.63) is 35.9 Å². The normalized spacial score (nSPS) is 23.9. The molecule has 1 aromatic carbocycles. The van der Waals surface area contributed by atoms with E-state index in [1.807, 2.05) is 6.07 Å². The molecule has 4 N–H and O–H groups in total. The summed E-state index contributed by atoms with van der Waals surface area (Å²) in [4.78, 5) is 2.42. The number of benzene rings is 1. The van der Waals surface area contributed by atoms with Gasteiger partial charge in [0.2, 0.25) is 0 Å².